The fraction of sp³-hybridized carbons (Fsp3) is 0.300. The largest absolute Gasteiger partial charge is 0.385 e. The standard InChI is InChI=1S/C10H13N3O/c1-11-7-10(14)9-6-8-4-2-3-5-13(8)12-9/h2-6,10-11,14H,7H2,1H3. The highest BCUT2D eigenvalue weighted by molar-refractivity contribution is 5.47. The van der Waals surface area contributed by atoms with Crippen molar-refractivity contribution >= 4 is 5.52 Å². The summed E-state index contributed by atoms with van der Waals surface area (Å²) < 4.78 is 1.76. The van der Waals surface area contributed by atoms with Crippen LogP contribution in [-0.2, 0) is 0 Å². The molecule has 0 aliphatic rings. The smallest absolute Gasteiger partial charge is 0.110 e. The van der Waals surface area contributed by atoms with E-state index in [0.717, 1.165) is 5.52 Å². The molecule has 74 valence electrons. The Morgan fingerprint density at radius 2 is 2.43 bits per heavy atom. The average molecular weight is 191 g/mol. The summed E-state index contributed by atoms with van der Waals surface area (Å²) in [7, 11) is 1.80. The minimum absolute atomic E-state index is 0.518. The second-order valence-electron chi connectivity index (χ2n) is 3.21. The van der Waals surface area contributed by atoms with Crippen LogP contribution in [0.4, 0.5) is 0 Å². The predicted molar refractivity (Wildman–Crippen MR) is 54.1 cm³/mol. The summed E-state index contributed by atoms with van der Waals surface area (Å²) in [6.45, 7) is 0.518. The van der Waals surface area contributed by atoms with Gasteiger partial charge in [-0.3, -0.25) is 0 Å². The monoisotopic (exact) mass is 191 g/mol. The Labute approximate surface area is 82.2 Å². The molecule has 1 atom stereocenters. The predicted octanol–water partition coefficient (Wildman–Crippen LogP) is 0.587. The van der Waals surface area contributed by atoms with Crippen LogP contribution in [0.15, 0.2) is 30.5 Å². The van der Waals surface area contributed by atoms with E-state index in [0.29, 0.717) is 12.2 Å². The van der Waals surface area contributed by atoms with Gasteiger partial charge < -0.3 is 10.4 Å². The molecule has 4 nitrogen and oxygen atoms in total. The minimum Gasteiger partial charge on any atom is -0.385 e. The lowest BCUT2D eigenvalue weighted by Crippen LogP contribution is -2.17. The second-order valence-corrected chi connectivity index (χ2v) is 3.21. The Bertz CT molecular complexity index is 391. The van der Waals surface area contributed by atoms with Crippen molar-refractivity contribution in [2.24, 2.45) is 0 Å². The number of aromatic nitrogens is 2. The first-order valence-electron chi connectivity index (χ1n) is 4.58. The quantitative estimate of drug-likeness (QED) is 0.746. The van der Waals surface area contributed by atoms with Gasteiger partial charge >= 0.3 is 0 Å². The summed E-state index contributed by atoms with van der Waals surface area (Å²) >= 11 is 0. The fourth-order valence-corrected chi connectivity index (χ4v) is 1.42. The van der Waals surface area contributed by atoms with Gasteiger partial charge in [0.2, 0.25) is 0 Å². The van der Waals surface area contributed by atoms with Crippen LogP contribution in [0.2, 0.25) is 0 Å². The van der Waals surface area contributed by atoms with Gasteiger partial charge in [-0.25, -0.2) is 4.52 Å². The third-order valence-corrected chi connectivity index (χ3v) is 2.13. The summed E-state index contributed by atoms with van der Waals surface area (Å²) in [5, 5.41) is 16.9. The molecule has 0 saturated heterocycles. The van der Waals surface area contributed by atoms with Crippen LogP contribution in [0.3, 0.4) is 0 Å². The highest BCUT2D eigenvalue weighted by Crippen LogP contribution is 2.12. The molecular weight excluding hydrogens is 178 g/mol. The maximum atomic E-state index is 9.68. The lowest BCUT2D eigenvalue weighted by molar-refractivity contribution is 0.172. The van der Waals surface area contributed by atoms with Crippen molar-refractivity contribution in [1.29, 1.82) is 0 Å². The molecule has 2 N–H and O–H groups in total. The van der Waals surface area contributed by atoms with Gasteiger partial charge in [-0.15, -0.1) is 0 Å². The first-order chi connectivity index (χ1) is 6.81. The topological polar surface area (TPSA) is 49.6 Å². The van der Waals surface area contributed by atoms with Crippen molar-refractivity contribution in [3.05, 3.63) is 36.2 Å². The molecule has 0 radical (unpaired) electrons. The van der Waals surface area contributed by atoms with Gasteiger partial charge in [-0.2, -0.15) is 5.10 Å². The Kier molecular flexibility index (Phi) is 2.47. The zero-order chi connectivity index (χ0) is 9.97. The van der Waals surface area contributed by atoms with Crippen LogP contribution in [0.5, 0.6) is 0 Å². The van der Waals surface area contributed by atoms with E-state index in [2.05, 4.69) is 10.4 Å². The van der Waals surface area contributed by atoms with E-state index in [1.54, 1.807) is 11.6 Å². The first kappa shape index (κ1) is 9.18. The maximum absolute atomic E-state index is 9.68. The molecule has 0 spiro atoms. The van der Waals surface area contributed by atoms with E-state index in [4.69, 9.17) is 0 Å². The first-order valence-corrected chi connectivity index (χ1v) is 4.58. The summed E-state index contributed by atoms with van der Waals surface area (Å²) in [5.41, 5.74) is 1.70. The second kappa shape index (κ2) is 3.77. The van der Waals surface area contributed by atoms with Crippen LogP contribution in [-0.4, -0.2) is 28.3 Å². The minimum atomic E-state index is -0.542. The summed E-state index contributed by atoms with van der Waals surface area (Å²) in [5.74, 6) is 0. The van der Waals surface area contributed by atoms with E-state index in [-0.39, 0.29) is 0 Å². The van der Waals surface area contributed by atoms with Crippen LogP contribution in [0.25, 0.3) is 5.52 Å². The Morgan fingerprint density at radius 3 is 3.14 bits per heavy atom. The molecular formula is C10H13N3O. The number of fused-ring (bicyclic) bond motifs is 1. The van der Waals surface area contributed by atoms with E-state index in [1.165, 1.54) is 0 Å². The molecule has 0 bridgehead atoms. The molecule has 0 aliphatic heterocycles. The van der Waals surface area contributed by atoms with Crippen molar-refractivity contribution in [3.8, 4) is 0 Å². The van der Waals surface area contributed by atoms with Crippen molar-refractivity contribution in [2.45, 2.75) is 6.10 Å². The number of aliphatic hydroxyl groups is 1. The SMILES string of the molecule is CNCC(O)c1cc2ccccn2n1. The molecule has 2 heterocycles. The van der Waals surface area contributed by atoms with Crippen LogP contribution >= 0.6 is 0 Å². The van der Waals surface area contributed by atoms with E-state index >= 15 is 0 Å². The van der Waals surface area contributed by atoms with Crippen LogP contribution < -0.4 is 5.32 Å². The summed E-state index contributed by atoms with van der Waals surface area (Å²) in [6.07, 6.45) is 1.32. The number of nitrogens with one attached hydrogen (secondary N) is 1. The maximum Gasteiger partial charge on any atom is 0.110 e. The molecule has 0 saturated carbocycles. The zero-order valence-electron chi connectivity index (χ0n) is 8.01. The Balaban J connectivity index is 2.35. The lowest BCUT2D eigenvalue weighted by atomic mass is 10.2. The molecule has 4 heteroatoms. The normalized spacial score (nSPS) is 13.3. The highest BCUT2D eigenvalue weighted by atomic mass is 16.3. The molecule has 0 aromatic carbocycles. The number of rotatable bonds is 3. The number of likely N-dealkylation sites (N-methyl/N-ethyl adjacent to an activating group) is 1. The van der Waals surface area contributed by atoms with Gasteiger partial charge in [0.05, 0.1) is 11.2 Å². The third-order valence-electron chi connectivity index (χ3n) is 2.13. The van der Waals surface area contributed by atoms with E-state index < -0.39 is 6.10 Å². The van der Waals surface area contributed by atoms with Crippen molar-refractivity contribution in [1.82, 2.24) is 14.9 Å². The molecule has 2 rings (SSSR count). The molecule has 2 aromatic rings. The molecule has 2 aromatic heterocycles. The zero-order valence-corrected chi connectivity index (χ0v) is 8.01. The summed E-state index contributed by atoms with van der Waals surface area (Å²) in [6, 6.07) is 7.71. The van der Waals surface area contributed by atoms with Crippen LogP contribution in [0.1, 0.15) is 11.8 Å². The van der Waals surface area contributed by atoms with Gasteiger partial charge in [-0.05, 0) is 25.2 Å². The van der Waals surface area contributed by atoms with Crippen LogP contribution in [0, 0.1) is 0 Å². The molecule has 0 aliphatic carbocycles. The number of pyridine rings is 1. The number of hydrogen-bond acceptors (Lipinski definition) is 3. The van der Waals surface area contributed by atoms with Gasteiger partial charge in [0.1, 0.15) is 6.10 Å². The highest BCUT2D eigenvalue weighted by Gasteiger charge is 2.10. The molecule has 14 heavy (non-hydrogen) atoms. The van der Waals surface area contributed by atoms with Crippen molar-refractivity contribution < 1.29 is 5.11 Å². The molecule has 0 amide bonds. The third kappa shape index (κ3) is 1.62. The fourth-order valence-electron chi connectivity index (χ4n) is 1.42. The van der Waals surface area contributed by atoms with Crippen molar-refractivity contribution in [3.63, 3.8) is 0 Å². The molecule has 1 unspecified atom stereocenters. The van der Waals surface area contributed by atoms with E-state index in [1.807, 2.05) is 30.5 Å². The van der Waals surface area contributed by atoms with Gasteiger partial charge in [0.15, 0.2) is 0 Å². The lowest BCUT2D eigenvalue weighted by Gasteiger charge is -2.04. The van der Waals surface area contributed by atoms with Gasteiger partial charge in [-0.1, -0.05) is 6.07 Å². The van der Waals surface area contributed by atoms with E-state index in [9.17, 15) is 5.11 Å². The summed E-state index contributed by atoms with van der Waals surface area (Å²) in [4.78, 5) is 0. The Morgan fingerprint density at radius 1 is 1.57 bits per heavy atom. The number of aliphatic hydroxyl groups excluding tert-OH is 1. The van der Waals surface area contributed by atoms with Gasteiger partial charge in [0, 0.05) is 12.7 Å². The Hall–Kier alpha value is -1.39. The number of nitrogens with zero attached hydrogens (tertiary/aromatic N) is 2. The number of hydrogen-bond donors (Lipinski definition) is 2. The average Bonchev–Trinajstić information content (AvgIpc) is 2.61. The molecule has 0 fully saturated rings. The van der Waals surface area contributed by atoms with Gasteiger partial charge in [0.25, 0.3) is 0 Å². The van der Waals surface area contributed by atoms with Crippen molar-refractivity contribution in [2.75, 3.05) is 13.6 Å².